The number of hydrogen-bond donors (Lipinski definition) is 0. The lowest BCUT2D eigenvalue weighted by Crippen LogP contribution is -2.51. The van der Waals surface area contributed by atoms with Gasteiger partial charge in [0.2, 0.25) is 11.8 Å². The molecule has 1 aliphatic heterocycles. The molecule has 1 atom stereocenters. The van der Waals surface area contributed by atoms with Crippen molar-refractivity contribution in [1.82, 2.24) is 4.90 Å². The molecule has 1 saturated carbocycles. The monoisotopic (exact) mass is 530 g/mol. The first-order chi connectivity index (χ1) is 15.0. The van der Waals surface area contributed by atoms with Crippen LogP contribution in [0.3, 0.4) is 0 Å². The van der Waals surface area contributed by atoms with Crippen LogP contribution in [0.15, 0.2) is 54.6 Å². The minimum absolute atomic E-state index is 0.0112. The molecule has 1 aliphatic carbocycles. The van der Waals surface area contributed by atoms with Crippen LogP contribution in [-0.2, 0) is 20.8 Å². The molecule has 5 nitrogen and oxygen atoms in total. The van der Waals surface area contributed by atoms with Crippen molar-refractivity contribution in [3.05, 3.63) is 63.7 Å². The van der Waals surface area contributed by atoms with Crippen molar-refractivity contribution in [1.29, 1.82) is 0 Å². The summed E-state index contributed by atoms with van der Waals surface area (Å²) in [7, 11) is 0. The number of carbonyl (C=O) groups excluding carboxylic acids is 3. The van der Waals surface area contributed by atoms with E-state index in [1.807, 2.05) is 42.5 Å². The molecule has 2 aliphatic rings. The molecule has 1 heterocycles. The molecular weight excluding hydrogens is 503 g/mol. The Morgan fingerprint density at radius 1 is 0.935 bits per heavy atom. The normalized spacial score (nSPS) is 20.0. The fourth-order valence-corrected chi connectivity index (χ4v) is 5.08. The highest BCUT2D eigenvalue weighted by molar-refractivity contribution is 14.1. The number of halogens is 1. The van der Waals surface area contributed by atoms with Crippen LogP contribution in [-0.4, -0.2) is 34.7 Å². The van der Waals surface area contributed by atoms with E-state index in [-0.39, 0.29) is 36.6 Å². The highest BCUT2D eigenvalue weighted by atomic mass is 127. The van der Waals surface area contributed by atoms with Crippen molar-refractivity contribution >= 4 is 46.0 Å². The molecule has 4 rings (SSSR count). The minimum atomic E-state index is -0.717. The molecule has 0 aromatic heterocycles. The van der Waals surface area contributed by atoms with Crippen molar-refractivity contribution in [2.45, 2.75) is 63.5 Å². The number of benzene rings is 2. The average molecular weight is 530 g/mol. The number of rotatable bonds is 5. The van der Waals surface area contributed by atoms with Gasteiger partial charge in [-0.15, -0.1) is 0 Å². The van der Waals surface area contributed by atoms with Gasteiger partial charge in [0, 0.05) is 9.61 Å². The van der Waals surface area contributed by atoms with Gasteiger partial charge in [0.25, 0.3) is 5.91 Å². The van der Waals surface area contributed by atoms with E-state index in [0.717, 1.165) is 47.7 Å². The van der Waals surface area contributed by atoms with Gasteiger partial charge in [0.05, 0.1) is 18.5 Å². The van der Waals surface area contributed by atoms with E-state index >= 15 is 0 Å². The summed E-state index contributed by atoms with van der Waals surface area (Å²) in [6, 6.07) is 16.3. The Hall–Kier alpha value is -2.22. The third-order valence-corrected chi connectivity index (χ3v) is 6.97. The molecule has 0 N–H and O–H groups in total. The number of hydrogen-bond acceptors (Lipinski definition) is 3. The standard InChI is InChI=1S/C25H27IN2O3/c26-19-12-14-21(15-13-19)28-24(30)17-22(25(28)31)27(20-10-6-1-2-7-11-20)23(29)16-18-8-4-3-5-9-18/h3-5,8-9,12-15,20,22H,1-2,6-7,10-11,16-17H2. The Morgan fingerprint density at radius 2 is 1.58 bits per heavy atom. The second-order valence-corrected chi connectivity index (χ2v) is 9.62. The second kappa shape index (κ2) is 9.94. The molecule has 1 unspecified atom stereocenters. The van der Waals surface area contributed by atoms with Gasteiger partial charge in [-0.3, -0.25) is 14.4 Å². The fourth-order valence-electron chi connectivity index (χ4n) is 4.72. The summed E-state index contributed by atoms with van der Waals surface area (Å²) in [5, 5.41) is 0. The topological polar surface area (TPSA) is 57.7 Å². The quantitative estimate of drug-likeness (QED) is 0.320. The van der Waals surface area contributed by atoms with E-state index < -0.39 is 6.04 Å². The first-order valence-corrected chi connectivity index (χ1v) is 12.1. The van der Waals surface area contributed by atoms with Gasteiger partial charge >= 0.3 is 0 Å². The lowest BCUT2D eigenvalue weighted by atomic mass is 10.0. The number of imide groups is 1. The summed E-state index contributed by atoms with van der Waals surface area (Å²) in [6.45, 7) is 0. The lowest BCUT2D eigenvalue weighted by Gasteiger charge is -2.35. The number of carbonyl (C=O) groups is 3. The smallest absolute Gasteiger partial charge is 0.257 e. The van der Waals surface area contributed by atoms with Gasteiger partial charge in [-0.25, -0.2) is 4.90 Å². The van der Waals surface area contributed by atoms with Gasteiger partial charge in [-0.1, -0.05) is 56.0 Å². The SMILES string of the molecule is O=C1CC(N(C(=O)Cc2ccccc2)C2CCCCCC2)C(=O)N1c1ccc(I)cc1. The van der Waals surface area contributed by atoms with Gasteiger partial charge in [-0.05, 0) is 65.3 Å². The largest absolute Gasteiger partial charge is 0.327 e. The first kappa shape index (κ1) is 22.0. The van der Waals surface area contributed by atoms with Crippen LogP contribution in [0.1, 0.15) is 50.5 Å². The molecule has 6 heteroatoms. The van der Waals surface area contributed by atoms with E-state index in [1.165, 1.54) is 4.90 Å². The Bertz CT molecular complexity index is 937. The summed E-state index contributed by atoms with van der Waals surface area (Å²) in [5.74, 6) is -0.576. The van der Waals surface area contributed by atoms with Crippen LogP contribution >= 0.6 is 22.6 Å². The zero-order chi connectivity index (χ0) is 21.8. The van der Waals surface area contributed by atoms with Gasteiger partial charge < -0.3 is 4.90 Å². The molecule has 2 aromatic carbocycles. The van der Waals surface area contributed by atoms with Crippen LogP contribution in [0, 0.1) is 3.57 Å². The third-order valence-electron chi connectivity index (χ3n) is 6.25. The van der Waals surface area contributed by atoms with Crippen molar-refractivity contribution in [3.8, 4) is 0 Å². The summed E-state index contributed by atoms with van der Waals surface area (Å²) < 4.78 is 1.04. The third kappa shape index (κ3) is 5.00. The minimum Gasteiger partial charge on any atom is -0.327 e. The van der Waals surface area contributed by atoms with Crippen molar-refractivity contribution < 1.29 is 14.4 Å². The average Bonchev–Trinajstić information content (AvgIpc) is 2.93. The van der Waals surface area contributed by atoms with Crippen LogP contribution in [0.4, 0.5) is 5.69 Å². The maximum atomic E-state index is 13.5. The van der Waals surface area contributed by atoms with E-state index in [9.17, 15) is 14.4 Å². The lowest BCUT2D eigenvalue weighted by molar-refractivity contribution is -0.140. The molecule has 1 saturated heterocycles. The van der Waals surface area contributed by atoms with Crippen LogP contribution in [0.2, 0.25) is 0 Å². The van der Waals surface area contributed by atoms with Crippen LogP contribution in [0.25, 0.3) is 0 Å². The predicted molar refractivity (Wildman–Crippen MR) is 129 cm³/mol. The molecule has 0 bridgehead atoms. The summed E-state index contributed by atoms with van der Waals surface area (Å²) in [6.07, 6.45) is 6.50. The number of anilines is 1. The van der Waals surface area contributed by atoms with Crippen LogP contribution in [0.5, 0.6) is 0 Å². The zero-order valence-corrected chi connectivity index (χ0v) is 19.7. The van der Waals surface area contributed by atoms with Crippen molar-refractivity contribution in [2.75, 3.05) is 4.90 Å². The Balaban J connectivity index is 1.62. The summed E-state index contributed by atoms with van der Waals surface area (Å²) in [5.41, 5.74) is 1.51. The second-order valence-electron chi connectivity index (χ2n) is 8.37. The summed E-state index contributed by atoms with van der Waals surface area (Å²) in [4.78, 5) is 42.8. The Kier molecular flexibility index (Phi) is 7.05. The van der Waals surface area contributed by atoms with E-state index in [1.54, 1.807) is 17.0 Å². The molecule has 2 aromatic rings. The van der Waals surface area contributed by atoms with Gasteiger partial charge in [-0.2, -0.15) is 0 Å². The molecule has 0 radical (unpaired) electrons. The predicted octanol–water partition coefficient (Wildman–Crippen LogP) is 4.72. The highest BCUT2D eigenvalue weighted by Gasteiger charge is 2.46. The zero-order valence-electron chi connectivity index (χ0n) is 17.5. The maximum Gasteiger partial charge on any atom is 0.257 e. The van der Waals surface area contributed by atoms with Gasteiger partial charge in [0.1, 0.15) is 6.04 Å². The van der Waals surface area contributed by atoms with Gasteiger partial charge in [0.15, 0.2) is 0 Å². The van der Waals surface area contributed by atoms with E-state index in [2.05, 4.69) is 22.6 Å². The van der Waals surface area contributed by atoms with Crippen molar-refractivity contribution in [3.63, 3.8) is 0 Å². The molecule has 31 heavy (non-hydrogen) atoms. The highest BCUT2D eigenvalue weighted by Crippen LogP contribution is 2.31. The molecular formula is C25H27IN2O3. The fraction of sp³-hybridized carbons (Fsp3) is 0.400. The number of nitrogens with zero attached hydrogens (tertiary/aromatic N) is 2. The molecule has 2 fully saturated rings. The number of amides is 3. The molecule has 162 valence electrons. The van der Waals surface area contributed by atoms with Crippen LogP contribution < -0.4 is 4.90 Å². The summed E-state index contributed by atoms with van der Waals surface area (Å²) >= 11 is 2.20. The first-order valence-electron chi connectivity index (χ1n) is 11.0. The molecule has 3 amide bonds. The van der Waals surface area contributed by atoms with Crippen molar-refractivity contribution in [2.24, 2.45) is 0 Å². The Labute approximate surface area is 196 Å². The molecule has 0 spiro atoms. The van der Waals surface area contributed by atoms with E-state index in [4.69, 9.17) is 0 Å². The maximum absolute atomic E-state index is 13.5. The Morgan fingerprint density at radius 3 is 2.23 bits per heavy atom. The van der Waals surface area contributed by atoms with E-state index in [0.29, 0.717) is 5.69 Å².